The van der Waals surface area contributed by atoms with Crippen molar-refractivity contribution >= 4 is 11.4 Å². The second-order valence-electron chi connectivity index (χ2n) is 4.11. The fourth-order valence-electron chi connectivity index (χ4n) is 1.69. The Morgan fingerprint density at radius 1 is 1.05 bits per heavy atom. The van der Waals surface area contributed by atoms with Crippen LogP contribution in [-0.4, -0.2) is 4.92 Å². The molecule has 0 saturated carbocycles. The number of anilines is 1. The second-order valence-corrected chi connectivity index (χ2v) is 4.11. The first-order valence-corrected chi connectivity index (χ1v) is 5.70. The summed E-state index contributed by atoms with van der Waals surface area (Å²) in [6, 6.07) is 4.44. The van der Waals surface area contributed by atoms with E-state index in [1.54, 1.807) is 0 Å². The van der Waals surface area contributed by atoms with Gasteiger partial charge in [-0.05, 0) is 12.1 Å². The number of rotatable bonds is 4. The minimum atomic E-state index is -1.31. The van der Waals surface area contributed by atoms with Crippen LogP contribution in [0, 0.1) is 33.4 Å². The molecular weight excluding hydrogens is 292 g/mol. The van der Waals surface area contributed by atoms with Crippen molar-refractivity contribution in [3.63, 3.8) is 0 Å². The number of nitrogens with zero attached hydrogens (tertiary/aromatic N) is 1. The van der Waals surface area contributed by atoms with Crippen LogP contribution in [0.4, 0.5) is 28.9 Å². The van der Waals surface area contributed by atoms with Crippen molar-refractivity contribution in [2.24, 2.45) is 0 Å². The highest BCUT2D eigenvalue weighted by Crippen LogP contribution is 2.23. The quantitative estimate of drug-likeness (QED) is 0.531. The summed E-state index contributed by atoms with van der Waals surface area (Å²) in [7, 11) is 0. The van der Waals surface area contributed by atoms with Crippen LogP contribution < -0.4 is 5.32 Å². The van der Waals surface area contributed by atoms with E-state index in [-0.39, 0.29) is 17.8 Å². The van der Waals surface area contributed by atoms with Crippen LogP contribution in [0.25, 0.3) is 0 Å². The predicted molar refractivity (Wildman–Crippen MR) is 66.7 cm³/mol. The van der Waals surface area contributed by atoms with E-state index >= 15 is 0 Å². The van der Waals surface area contributed by atoms with Crippen molar-refractivity contribution in [2.75, 3.05) is 5.32 Å². The maximum Gasteiger partial charge on any atom is 0.305 e. The fraction of sp³-hybridized carbons (Fsp3) is 0.0769. The van der Waals surface area contributed by atoms with Crippen LogP contribution in [-0.2, 0) is 6.54 Å². The molecule has 0 spiro atoms. The van der Waals surface area contributed by atoms with Gasteiger partial charge < -0.3 is 5.32 Å². The Morgan fingerprint density at radius 2 is 1.76 bits per heavy atom. The van der Waals surface area contributed by atoms with Crippen molar-refractivity contribution in [1.29, 1.82) is 0 Å². The molecule has 0 radical (unpaired) electrons. The second kappa shape index (κ2) is 5.78. The predicted octanol–water partition coefficient (Wildman–Crippen LogP) is 3.76. The van der Waals surface area contributed by atoms with Gasteiger partial charge in [-0.15, -0.1) is 0 Å². The van der Waals surface area contributed by atoms with Gasteiger partial charge in [0, 0.05) is 24.2 Å². The zero-order valence-corrected chi connectivity index (χ0v) is 10.4. The third-order valence-electron chi connectivity index (χ3n) is 2.73. The van der Waals surface area contributed by atoms with Crippen LogP contribution in [0.1, 0.15) is 5.56 Å². The Labute approximate surface area is 116 Å². The van der Waals surface area contributed by atoms with Gasteiger partial charge in [-0.1, -0.05) is 6.07 Å². The molecule has 21 heavy (non-hydrogen) atoms. The molecule has 0 unspecified atom stereocenters. The molecule has 0 aliphatic heterocycles. The number of benzene rings is 2. The van der Waals surface area contributed by atoms with Gasteiger partial charge in [0.15, 0.2) is 11.6 Å². The van der Waals surface area contributed by atoms with Gasteiger partial charge in [-0.2, -0.15) is 4.39 Å². The van der Waals surface area contributed by atoms with Gasteiger partial charge in [0.25, 0.3) is 0 Å². The lowest BCUT2D eigenvalue weighted by Crippen LogP contribution is -2.06. The molecular formula is C13H8F4N2O2. The van der Waals surface area contributed by atoms with Crippen LogP contribution in [0.2, 0.25) is 0 Å². The lowest BCUT2D eigenvalue weighted by Gasteiger charge is -2.09. The lowest BCUT2D eigenvalue weighted by atomic mass is 10.1. The van der Waals surface area contributed by atoms with E-state index < -0.39 is 33.9 Å². The monoisotopic (exact) mass is 300 g/mol. The van der Waals surface area contributed by atoms with Gasteiger partial charge in [0.1, 0.15) is 5.82 Å². The summed E-state index contributed by atoms with van der Waals surface area (Å²) in [5.74, 6) is -4.58. The molecule has 110 valence electrons. The number of hydrogen-bond donors (Lipinski definition) is 1. The molecule has 2 aromatic carbocycles. The zero-order valence-electron chi connectivity index (χ0n) is 10.4. The Morgan fingerprint density at radius 3 is 2.43 bits per heavy atom. The van der Waals surface area contributed by atoms with Crippen molar-refractivity contribution in [2.45, 2.75) is 6.54 Å². The SMILES string of the molecule is O=[N+]([O-])c1cc(CNc2cccc(F)c2F)c(F)cc1F. The van der Waals surface area contributed by atoms with Crippen LogP contribution in [0.3, 0.4) is 0 Å². The summed E-state index contributed by atoms with van der Waals surface area (Å²) in [5.41, 5.74) is -1.37. The van der Waals surface area contributed by atoms with E-state index in [1.165, 1.54) is 12.1 Å². The number of nitro groups is 1. The smallest absolute Gasteiger partial charge is 0.305 e. The average Bonchev–Trinajstić information content (AvgIpc) is 2.41. The Hall–Kier alpha value is -2.64. The minimum absolute atomic E-state index is 0.235. The standard InChI is InChI=1S/C13H8F4N2O2/c14-8-2-1-3-11(13(8)17)18-6-7-4-12(19(20)21)10(16)5-9(7)15/h1-5,18H,6H2. The number of nitrogens with one attached hydrogen (secondary N) is 1. The molecule has 2 aromatic rings. The topological polar surface area (TPSA) is 55.2 Å². The average molecular weight is 300 g/mol. The van der Waals surface area contributed by atoms with Gasteiger partial charge in [0.2, 0.25) is 5.82 Å². The molecule has 0 atom stereocenters. The number of nitro benzene ring substituents is 1. The van der Waals surface area contributed by atoms with Crippen molar-refractivity contribution < 1.29 is 22.5 Å². The Bertz CT molecular complexity index is 707. The van der Waals surface area contributed by atoms with Gasteiger partial charge >= 0.3 is 5.69 Å². The molecule has 0 heterocycles. The first kappa shape index (κ1) is 14.8. The van der Waals surface area contributed by atoms with E-state index in [4.69, 9.17) is 0 Å². The Balaban J connectivity index is 2.26. The van der Waals surface area contributed by atoms with E-state index in [0.717, 1.165) is 6.07 Å². The van der Waals surface area contributed by atoms with Crippen molar-refractivity contribution in [1.82, 2.24) is 0 Å². The minimum Gasteiger partial charge on any atom is -0.378 e. The van der Waals surface area contributed by atoms with Gasteiger partial charge in [-0.25, -0.2) is 13.2 Å². The molecule has 8 heteroatoms. The highest BCUT2D eigenvalue weighted by molar-refractivity contribution is 5.46. The molecule has 1 N–H and O–H groups in total. The van der Waals surface area contributed by atoms with E-state index in [2.05, 4.69) is 5.32 Å². The van der Waals surface area contributed by atoms with Crippen molar-refractivity contribution in [3.8, 4) is 0 Å². The highest BCUT2D eigenvalue weighted by atomic mass is 19.2. The molecule has 0 saturated heterocycles. The number of hydrogen-bond acceptors (Lipinski definition) is 3. The lowest BCUT2D eigenvalue weighted by molar-refractivity contribution is -0.387. The molecule has 0 bridgehead atoms. The molecule has 0 amide bonds. The molecule has 2 rings (SSSR count). The summed E-state index contributed by atoms with van der Waals surface area (Å²) in [6.07, 6.45) is 0. The number of halogens is 4. The van der Waals surface area contributed by atoms with Gasteiger partial charge in [-0.3, -0.25) is 10.1 Å². The normalized spacial score (nSPS) is 10.5. The third kappa shape index (κ3) is 3.10. The van der Waals surface area contributed by atoms with Crippen molar-refractivity contribution in [3.05, 3.63) is 69.3 Å². The van der Waals surface area contributed by atoms with E-state index in [9.17, 15) is 27.7 Å². The Kier molecular flexibility index (Phi) is 4.06. The van der Waals surface area contributed by atoms with Crippen LogP contribution >= 0.6 is 0 Å². The molecule has 0 fully saturated rings. The summed E-state index contributed by atoms with van der Waals surface area (Å²) in [5, 5.41) is 13.0. The van der Waals surface area contributed by atoms with E-state index in [1.807, 2.05) is 0 Å². The summed E-state index contributed by atoms with van der Waals surface area (Å²) < 4.78 is 53.0. The summed E-state index contributed by atoms with van der Waals surface area (Å²) >= 11 is 0. The maximum atomic E-state index is 13.5. The van der Waals surface area contributed by atoms with Crippen LogP contribution in [0.5, 0.6) is 0 Å². The van der Waals surface area contributed by atoms with E-state index in [0.29, 0.717) is 12.1 Å². The molecule has 0 aliphatic carbocycles. The fourth-order valence-corrected chi connectivity index (χ4v) is 1.69. The molecule has 0 aliphatic rings. The zero-order chi connectivity index (χ0) is 15.6. The first-order chi connectivity index (χ1) is 9.90. The largest absolute Gasteiger partial charge is 0.378 e. The molecule has 0 aromatic heterocycles. The van der Waals surface area contributed by atoms with Crippen LogP contribution in [0.15, 0.2) is 30.3 Å². The van der Waals surface area contributed by atoms with Gasteiger partial charge in [0.05, 0.1) is 10.6 Å². The summed E-state index contributed by atoms with van der Waals surface area (Å²) in [6.45, 7) is -0.368. The first-order valence-electron chi connectivity index (χ1n) is 5.70. The molecule has 4 nitrogen and oxygen atoms in total. The third-order valence-corrected chi connectivity index (χ3v) is 2.73. The highest BCUT2D eigenvalue weighted by Gasteiger charge is 2.18. The maximum absolute atomic E-state index is 13.5. The summed E-state index contributed by atoms with van der Waals surface area (Å²) in [4.78, 5) is 9.57.